The van der Waals surface area contributed by atoms with Gasteiger partial charge in [-0.3, -0.25) is 0 Å². The van der Waals surface area contributed by atoms with Crippen LogP contribution in [0, 0.1) is 17.3 Å². The molecule has 0 aromatic rings. The van der Waals surface area contributed by atoms with Crippen LogP contribution in [0.5, 0.6) is 0 Å². The lowest BCUT2D eigenvalue weighted by atomic mass is 9.48. The first-order chi connectivity index (χ1) is 6.93. The summed E-state index contributed by atoms with van der Waals surface area (Å²) in [5.41, 5.74) is 2.00. The fourth-order valence-electron chi connectivity index (χ4n) is 3.00. The minimum Gasteiger partial charge on any atom is -0.478 e. The molecular weight excluding hydrogens is 188 g/mol. The van der Waals surface area contributed by atoms with Gasteiger partial charge in [-0.25, -0.2) is 4.79 Å². The monoisotopic (exact) mass is 206 g/mol. The molecule has 2 atom stereocenters. The summed E-state index contributed by atoms with van der Waals surface area (Å²) in [4.78, 5) is 10.7. The summed E-state index contributed by atoms with van der Waals surface area (Å²) in [6, 6.07) is 0. The summed E-state index contributed by atoms with van der Waals surface area (Å²) < 4.78 is 0. The highest BCUT2D eigenvalue weighted by molar-refractivity contribution is 5.86. The van der Waals surface area contributed by atoms with E-state index in [-0.39, 0.29) is 0 Å². The molecule has 2 heteroatoms. The Hall–Kier alpha value is -1.05. The van der Waals surface area contributed by atoms with E-state index in [1.54, 1.807) is 0 Å². The molecule has 0 spiro atoms. The third kappa shape index (κ3) is 1.52. The lowest BCUT2D eigenvalue weighted by molar-refractivity contribution is -0.132. The Morgan fingerprint density at radius 1 is 1.67 bits per heavy atom. The molecule has 0 aliphatic heterocycles. The zero-order valence-electron chi connectivity index (χ0n) is 9.42. The van der Waals surface area contributed by atoms with Crippen LogP contribution in [0.1, 0.15) is 33.1 Å². The largest absolute Gasteiger partial charge is 0.478 e. The van der Waals surface area contributed by atoms with Crippen LogP contribution in [-0.2, 0) is 4.79 Å². The van der Waals surface area contributed by atoms with Gasteiger partial charge in [0.15, 0.2) is 0 Å². The lowest BCUT2D eigenvalue weighted by Gasteiger charge is -2.56. The Morgan fingerprint density at radius 3 is 2.80 bits per heavy atom. The predicted molar refractivity (Wildman–Crippen MR) is 59.5 cm³/mol. The molecule has 0 radical (unpaired) electrons. The predicted octanol–water partition coefficient (Wildman–Crippen LogP) is 3.01. The maximum atomic E-state index is 10.7. The first-order valence-corrected chi connectivity index (χ1v) is 5.53. The van der Waals surface area contributed by atoms with Crippen LogP contribution < -0.4 is 0 Å². The Kier molecular flexibility index (Phi) is 2.25. The highest BCUT2D eigenvalue weighted by Crippen LogP contribution is 2.59. The maximum absolute atomic E-state index is 10.7. The molecule has 2 unspecified atom stereocenters. The average Bonchev–Trinajstić information content (AvgIpc) is 2.17. The molecule has 1 N–H and O–H groups in total. The van der Waals surface area contributed by atoms with E-state index in [9.17, 15) is 4.79 Å². The number of aliphatic carboxylic acids is 1. The second kappa shape index (κ2) is 3.22. The summed E-state index contributed by atoms with van der Waals surface area (Å²) in [5, 5.41) is 8.82. The van der Waals surface area contributed by atoms with Crippen LogP contribution >= 0.6 is 0 Å². The number of carboxylic acid groups (broad SMARTS) is 1. The van der Waals surface area contributed by atoms with E-state index in [4.69, 9.17) is 5.11 Å². The van der Waals surface area contributed by atoms with Crippen molar-refractivity contribution in [1.82, 2.24) is 0 Å². The quantitative estimate of drug-likeness (QED) is 0.569. The zero-order valence-corrected chi connectivity index (χ0v) is 9.42. The first kappa shape index (κ1) is 10.5. The van der Waals surface area contributed by atoms with Gasteiger partial charge < -0.3 is 5.11 Å². The van der Waals surface area contributed by atoms with Crippen LogP contribution in [0.3, 0.4) is 0 Å². The van der Waals surface area contributed by atoms with Crippen molar-refractivity contribution in [1.29, 1.82) is 0 Å². The molecule has 1 fully saturated rings. The van der Waals surface area contributed by atoms with E-state index >= 15 is 0 Å². The van der Waals surface area contributed by atoms with Gasteiger partial charge in [-0.1, -0.05) is 32.1 Å². The second-order valence-electron chi connectivity index (χ2n) is 5.41. The number of carboxylic acids is 1. The molecular formula is C13H18O2. The van der Waals surface area contributed by atoms with Gasteiger partial charge in [-0.15, -0.1) is 0 Å². The number of hydrogen-bond acceptors (Lipinski definition) is 1. The van der Waals surface area contributed by atoms with Gasteiger partial charge in [-0.2, -0.15) is 0 Å². The highest BCUT2D eigenvalue weighted by atomic mass is 16.4. The number of fused-ring (bicyclic) bond motifs is 1. The molecule has 0 amide bonds. The van der Waals surface area contributed by atoms with Crippen LogP contribution in [0.25, 0.3) is 0 Å². The number of rotatable bonds is 3. The number of allylic oxidation sites excluding steroid dienone is 2. The van der Waals surface area contributed by atoms with Gasteiger partial charge in [0.25, 0.3) is 0 Å². The average molecular weight is 206 g/mol. The van der Waals surface area contributed by atoms with Gasteiger partial charge in [0.05, 0.1) is 0 Å². The van der Waals surface area contributed by atoms with E-state index < -0.39 is 5.97 Å². The van der Waals surface area contributed by atoms with E-state index in [0.717, 1.165) is 12.3 Å². The molecule has 15 heavy (non-hydrogen) atoms. The molecule has 0 aromatic heterocycles. The van der Waals surface area contributed by atoms with Crippen molar-refractivity contribution in [3.63, 3.8) is 0 Å². The minimum absolute atomic E-state index is 0.322. The van der Waals surface area contributed by atoms with Crippen molar-refractivity contribution in [2.24, 2.45) is 17.3 Å². The Labute approximate surface area is 90.7 Å². The van der Waals surface area contributed by atoms with Crippen molar-refractivity contribution in [2.45, 2.75) is 33.1 Å². The molecule has 3 rings (SSSR count). The lowest BCUT2D eigenvalue weighted by Crippen LogP contribution is -2.48. The molecule has 82 valence electrons. The molecule has 3 aliphatic rings. The third-order valence-electron chi connectivity index (χ3n) is 4.30. The molecule has 2 bridgehead atoms. The van der Waals surface area contributed by atoms with Gasteiger partial charge in [0.1, 0.15) is 0 Å². The van der Waals surface area contributed by atoms with Crippen molar-refractivity contribution in [3.8, 4) is 0 Å². The second-order valence-corrected chi connectivity index (χ2v) is 5.41. The Bertz CT molecular complexity index is 350. The summed E-state index contributed by atoms with van der Waals surface area (Å²) in [6.07, 6.45) is 5.14. The maximum Gasteiger partial charge on any atom is 0.331 e. The van der Waals surface area contributed by atoms with Gasteiger partial charge in [0, 0.05) is 12.0 Å². The van der Waals surface area contributed by atoms with Crippen LogP contribution in [-0.4, -0.2) is 11.1 Å². The van der Waals surface area contributed by atoms with Crippen LogP contribution in [0.2, 0.25) is 0 Å². The fraction of sp³-hybridized carbons (Fsp3) is 0.615. The van der Waals surface area contributed by atoms with E-state index in [1.165, 1.54) is 12.0 Å². The Morgan fingerprint density at radius 2 is 2.33 bits per heavy atom. The molecule has 0 heterocycles. The van der Waals surface area contributed by atoms with Crippen LogP contribution in [0.4, 0.5) is 0 Å². The zero-order chi connectivity index (χ0) is 11.2. The van der Waals surface area contributed by atoms with Crippen LogP contribution in [0.15, 0.2) is 23.8 Å². The molecule has 2 nitrogen and oxygen atoms in total. The number of carbonyl (C=O) groups is 1. The minimum atomic E-state index is -0.866. The summed E-state index contributed by atoms with van der Waals surface area (Å²) >= 11 is 0. The van der Waals surface area contributed by atoms with E-state index in [0.29, 0.717) is 23.3 Å². The standard InChI is InChI=1S/C13H18O2/c1-8(12(14)15)6-9-4-5-10-7-11(9)13(10,2)3/h4,10-11H,1,5-7H2,2-3H3,(H,14,15). The fourth-order valence-corrected chi connectivity index (χ4v) is 3.00. The SMILES string of the molecule is C=C(CC1=CCC2CC1C2(C)C)C(=O)O. The number of hydrogen-bond donors (Lipinski definition) is 1. The van der Waals surface area contributed by atoms with Crippen molar-refractivity contribution >= 4 is 5.97 Å². The molecule has 3 aliphatic carbocycles. The van der Waals surface area contributed by atoms with Crippen molar-refractivity contribution < 1.29 is 9.90 Å². The Balaban J connectivity index is 2.09. The molecule has 0 aromatic carbocycles. The van der Waals surface area contributed by atoms with Gasteiger partial charge in [0.2, 0.25) is 0 Å². The summed E-state index contributed by atoms with van der Waals surface area (Å²) in [5.74, 6) is 0.534. The molecule has 0 saturated heterocycles. The van der Waals surface area contributed by atoms with Gasteiger partial charge >= 0.3 is 5.97 Å². The smallest absolute Gasteiger partial charge is 0.331 e. The van der Waals surface area contributed by atoms with Crippen molar-refractivity contribution in [2.75, 3.05) is 0 Å². The van der Waals surface area contributed by atoms with E-state index in [1.807, 2.05) is 0 Å². The topological polar surface area (TPSA) is 37.3 Å². The van der Waals surface area contributed by atoms with Crippen molar-refractivity contribution in [3.05, 3.63) is 23.8 Å². The molecule has 1 saturated carbocycles. The summed E-state index contributed by atoms with van der Waals surface area (Å²) in [7, 11) is 0. The highest BCUT2D eigenvalue weighted by Gasteiger charge is 2.50. The normalized spacial score (nSPS) is 31.5. The van der Waals surface area contributed by atoms with Gasteiger partial charge in [-0.05, 0) is 30.1 Å². The van der Waals surface area contributed by atoms with E-state index in [2.05, 4.69) is 26.5 Å². The third-order valence-corrected chi connectivity index (χ3v) is 4.30. The summed E-state index contributed by atoms with van der Waals surface area (Å²) in [6.45, 7) is 8.20. The first-order valence-electron chi connectivity index (χ1n) is 5.53.